The minimum Gasteiger partial charge on any atom is -0.375 e. The third-order valence-electron chi connectivity index (χ3n) is 3.78. The normalized spacial score (nSPS) is 19.6. The van der Waals surface area contributed by atoms with Crippen LogP contribution in [-0.4, -0.2) is 43.5 Å². The molecule has 5 nitrogen and oxygen atoms in total. The minimum absolute atomic E-state index is 0.207. The number of sulfonamides is 1. The number of pyridine rings is 1. The monoisotopic (exact) mass is 352 g/mol. The molecule has 1 fully saturated rings. The van der Waals surface area contributed by atoms with E-state index in [1.807, 2.05) is 24.3 Å². The van der Waals surface area contributed by atoms with E-state index < -0.39 is 10.0 Å². The van der Waals surface area contributed by atoms with Crippen molar-refractivity contribution in [3.8, 4) is 0 Å². The predicted octanol–water partition coefficient (Wildman–Crippen LogP) is 2.37. The van der Waals surface area contributed by atoms with E-state index in [4.69, 9.17) is 16.3 Å². The summed E-state index contributed by atoms with van der Waals surface area (Å²) in [5.74, 6) is 0. The van der Waals surface area contributed by atoms with Crippen LogP contribution >= 0.6 is 11.6 Å². The molecule has 0 aliphatic carbocycles. The second-order valence-corrected chi connectivity index (χ2v) is 7.69. The summed E-state index contributed by atoms with van der Waals surface area (Å²) in [6, 6.07) is 10.7. The Morgan fingerprint density at radius 3 is 2.83 bits per heavy atom. The summed E-state index contributed by atoms with van der Waals surface area (Å²) in [5, 5.41) is 0.670. The molecule has 2 heterocycles. The van der Waals surface area contributed by atoms with Crippen LogP contribution in [0.1, 0.15) is 5.56 Å². The van der Waals surface area contributed by atoms with Crippen molar-refractivity contribution in [2.45, 2.75) is 17.4 Å². The quantitative estimate of drug-likeness (QED) is 0.847. The maximum Gasteiger partial charge on any atom is 0.244 e. The standard InChI is InChI=1S/C16H17ClN2O3S/c17-16-6-2-1-4-13(16)10-14-12-19(8-9-22-14)23(20,21)15-5-3-7-18-11-15/h1-7,11,14H,8-10,12H2. The van der Waals surface area contributed by atoms with E-state index in [0.29, 0.717) is 31.1 Å². The van der Waals surface area contributed by atoms with Crippen molar-refractivity contribution >= 4 is 21.6 Å². The van der Waals surface area contributed by atoms with Crippen LogP contribution in [0.15, 0.2) is 53.7 Å². The van der Waals surface area contributed by atoms with E-state index in [1.54, 1.807) is 18.3 Å². The lowest BCUT2D eigenvalue weighted by Crippen LogP contribution is -2.46. The molecule has 0 saturated carbocycles. The maximum absolute atomic E-state index is 12.7. The van der Waals surface area contributed by atoms with E-state index in [0.717, 1.165) is 5.56 Å². The Morgan fingerprint density at radius 2 is 2.09 bits per heavy atom. The Hall–Kier alpha value is -1.47. The fraction of sp³-hybridized carbons (Fsp3) is 0.312. The number of hydrogen-bond donors (Lipinski definition) is 0. The highest BCUT2D eigenvalue weighted by Crippen LogP contribution is 2.22. The smallest absolute Gasteiger partial charge is 0.244 e. The SMILES string of the molecule is O=S(=O)(c1cccnc1)N1CCOC(Cc2ccccc2Cl)C1. The number of hydrogen-bond acceptors (Lipinski definition) is 4. The molecule has 0 amide bonds. The minimum atomic E-state index is -3.54. The highest BCUT2D eigenvalue weighted by molar-refractivity contribution is 7.89. The van der Waals surface area contributed by atoms with Crippen molar-refractivity contribution in [3.05, 3.63) is 59.4 Å². The lowest BCUT2D eigenvalue weighted by atomic mass is 10.1. The molecule has 1 saturated heterocycles. The molecule has 1 aliphatic rings. The van der Waals surface area contributed by atoms with Gasteiger partial charge in [-0.1, -0.05) is 29.8 Å². The summed E-state index contributed by atoms with van der Waals surface area (Å²) in [5.41, 5.74) is 0.958. The van der Waals surface area contributed by atoms with Gasteiger partial charge in [-0.3, -0.25) is 4.98 Å². The van der Waals surface area contributed by atoms with Gasteiger partial charge in [0, 0.05) is 36.9 Å². The number of benzene rings is 1. The molecule has 1 aliphatic heterocycles. The molecule has 1 atom stereocenters. The number of ether oxygens (including phenoxy) is 1. The maximum atomic E-state index is 12.7. The first-order valence-electron chi connectivity index (χ1n) is 7.32. The summed E-state index contributed by atoms with van der Waals surface area (Å²) >= 11 is 6.17. The molecule has 1 aromatic carbocycles. The van der Waals surface area contributed by atoms with Crippen molar-refractivity contribution < 1.29 is 13.2 Å². The van der Waals surface area contributed by atoms with Crippen molar-refractivity contribution in [1.82, 2.24) is 9.29 Å². The Labute approximate surface area is 140 Å². The zero-order valence-corrected chi connectivity index (χ0v) is 14.0. The summed E-state index contributed by atoms with van der Waals surface area (Å²) in [4.78, 5) is 4.10. The van der Waals surface area contributed by atoms with Gasteiger partial charge in [-0.2, -0.15) is 4.31 Å². The first-order valence-corrected chi connectivity index (χ1v) is 9.14. The number of aromatic nitrogens is 1. The second kappa shape index (κ2) is 6.97. The molecule has 1 aromatic heterocycles. The molecule has 122 valence electrons. The lowest BCUT2D eigenvalue weighted by Gasteiger charge is -2.32. The van der Waals surface area contributed by atoms with E-state index in [9.17, 15) is 8.42 Å². The van der Waals surface area contributed by atoms with E-state index >= 15 is 0 Å². The summed E-state index contributed by atoms with van der Waals surface area (Å²) in [6.45, 7) is 1.02. The summed E-state index contributed by atoms with van der Waals surface area (Å²) in [7, 11) is -3.54. The fourth-order valence-electron chi connectivity index (χ4n) is 2.59. The van der Waals surface area contributed by atoms with Crippen LogP contribution in [-0.2, 0) is 21.2 Å². The van der Waals surface area contributed by atoms with Gasteiger partial charge in [-0.05, 0) is 23.8 Å². The van der Waals surface area contributed by atoms with Gasteiger partial charge in [0.2, 0.25) is 10.0 Å². The van der Waals surface area contributed by atoms with Crippen LogP contribution in [0.2, 0.25) is 5.02 Å². The highest BCUT2D eigenvalue weighted by Gasteiger charge is 2.31. The number of morpholine rings is 1. The van der Waals surface area contributed by atoms with E-state index in [2.05, 4.69) is 4.98 Å². The topological polar surface area (TPSA) is 59.5 Å². The number of rotatable bonds is 4. The average molecular weight is 353 g/mol. The molecule has 3 rings (SSSR count). The van der Waals surface area contributed by atoms with Gasteiger partial charge in [0.25, 0.3) is 0 Å². The Kier molecular flexibility index (Phi) is 4.96. The molecular weight excluding hydrogens is 336 g/mol. The second-order valence-electron chi connectivity index (χ2n) is 5.34. The Balaban J connectivity index is 1.75. The van der Waals surface area contributed by atoms with E-state index in [-0.39, 0.29) is 11.0 Å². The first-order chi connectivity index (χ1) is 11.1. The van der Waals surface area contributed by atoms with E-state index in [1.165, 1.54) is 10.5 Å². The van der Waals surface area contributed by atoms with Gasteiger partial charge in [0.05, 0.1) is 12.7 Å². The predicted molar refractivity (Wildman–Crippen MR) is 87.9 cm³/mol. The number of halogens is 1. The lowest BCUT2D eigenvalue weighted by molar-refractivity contribution is -0.000490. The molecular formula is C16H17ClN2O3S. The van der Waals surface area contributed by atoms with Crippen LogP contribution in [0.5, 0.6) is 0 Å². The Morgan fingerprint density at radius 1 is 1.26 bits per heavy atom. The van der Waals surface area contributed by atoms with Gasteiger partial charge in [-0.15, -0.1) is 0 Å². The Bertz CT molecular complexity index is 768. The van der Waals surface area contributed by atoms with Crippen LogP contribution in [0.3, 0.4) is 0 Å². The fourth-order valence-corrected chi connectivity index (χ4v) is 4.23. The van der Waals surface area contributed by atoms with Crippen LogP contribution < -0.4 is 0 Å². The first kappa shape index (κ1) is 16.4. The third-order valence-corrected chi connectivity index (χ3v) is 6.00. The van der Waals surface area contributed by atoms with Crippen molar-refractivity contribution in [2.24, 2.45) is 0 Å². The molecule has 1 unspecified atom stereocenters. The van der Waals surface area contributed by atoms with Crippen molar-refractivity contribution in [3.63, 3.8) is 0 Å². The largest absolute Gasteiger partial charge is 0.375 e. The van der Waals surface area contributed by atoms with Crippen LogP contribution in [0.25, 0.3) is 0 Å². The van der Waals surface area contributed by atoms with Crippen LogP contribution in [0.4, 0.5) is 0 Å². The van der Waals surface area contributed by atoms with Crippen molar-refractivity contribution in [1.29, 1.82) is 0 Å². The van der Waals surface area contributed by atoms with Gasteiger partial charge >= 0.3 is 0 Å². The van der Waals surface area contributed by atoms with Gasteiger partial charge in [0.15, 0.2) is 0 Å². The van der Waals surface area contributed by atoms with Crippen molar-refractivity contribution in [2.75, 3.05) is 19.7 Å². The van der Waals surface area contributed by atoms with Crippen LogP contribution in [0, 0.1) is 0 Å². The molecule has 0 N–H and O–H groups in total. The molecule has 0 bridgehead atoms. The summed E-state index contributed by atoms with van der Waals surface area (Å²) in [6.07, 6.45) is 3.29. The summed E-state index contributed by atoms with van der Waals surface area (Å²) < 4.78 is 32.5. The molecule has 0 spiro atoms. The van der Waals surface area contributed by atoms with Gasteiger partial charge in [-0.25, -0.2) is 8.42 Å². The highest BCUT2D eigenvalue weighted by atomic mass is 35.5. The molecule has 2 aromatic rings. The molecule has 0 radical (unpaired) electrons. The van der Waals surface area contributed by atoms with Gasteiger partial charge < -0.3 is 4.74 Å². The zero-order chi connectivity index (χ0) is 16.3. The third kappa shape index (κ3) is 3.72. The van der Waals surface area contributed by atoms with Gasteiger partial charge in [0.1, 0.15) is 4.90 Å². The molecule has 23 heavy (non-hydrogen) atoms. The molecule has 7 heteroatoms. The number of nitrogens with zero attached hydrogens (tertiary/aromatic N) is 2. The average Bonchev–Trinajstić information content (AvgIpc) is 2.58. The zero-order valence-electron chi connectivity index (χ0n) is 12.4.